The van der Waals surface area contributed by atoms with E-state index in [4.69, 9.17) is 4.74 Å². The lowest BCUT2D eigenvalue weighted by molar-refractivity contribution is 0.0716. The Labute approximate surface area is 82.5 Å². The highest BCUT2D eigenvalue weighted by molar-refractivity contribution is 6.03. The number of esters is 1. The van der Waals surface area contributed by atoms with Gasteiger partial charge in [0.25, 0.3) is 0 Å². The molecule has 0 aromatic heterocycles. The number of fused-ring (bicyclic) bond motifs is 1. The summed E-state index contributed by atoms with van der Waals surface area (Å²) in [7, 11) is 0. The highest BCUT2D eigenvalue weighted by atomic mass is 16.5. The molecule has 0 saturated carbocycles. The van der Waals surface area contributed by atoms with Crippen LogP contribution in [-0.4, -0.2) is 5.97 Å². The number of rotatable bonds is 1. The number of carbonyl (C=O) groups excluding carboxylic acids is 1. The molecule has 0 atom stereocenters. The van der Waals surface area contributed by atoms with E-state index in [1.807, 2.05) is 19.1 Å². The zero-order valence-electron chi connectivity index (χ0n) is 7.96. The van der Waals surface area contributed by atoms with Crippen LogP contribution in [0.3, 0.4) is 0 Å². The van der Waals surface area contributed by atoms with Gasteiger partial charge in [0.2, 0.25) is 0 Å². The van der Waals surface area contributed by atoms with Crippen molar-refractivity contribution in [1.82, 2.24) is 0 Å². The van der Waals surface area contributed by atoms with Crippen LogP contribution in [0.2, 0.25) is 0 Å². The van der Waals surface area contributed by atoms with Crippen LogP contribution < -0.4 is 0 Å². The molecule has 70 valence electrons. The second-order valence-electron chi connectivity index (χ2n) is 3.35. The maximum atomic E-state index is 11.3. The summed E-state index contributed by atoms with van der Waals surface area (Å²) in [6.45, 7) is 9.43. The number of ether oxygens (including phenoxy) is 1. The fourth-order valence-electron chi connectivity index (χ4n) is 1.44. The maximum Gasteiger partial charge on any atom is 0.344 e. The molecule has 0 bridgehead atoms. The predicted molar refractivity (Wildman–Crippen MR) is 55.6 cm³/mol. The molecule has 0 radical (unpaired) electrons. The van der Waals surface area contributed by atoms with E-state index in [1.165, 1.54) is 0 Å². The maximum absolute atomic E-state index is 11.3. The first-order valence-electron chi connectivity index (χ1n) is 4.31. The molecule has 1 aliphatic rings. The Hall–Kier alpha value is -1.83. The first kappa shape index (κ1) is 8.75. The number of benzene rings is 1. The molecule has 0 saturated heterocycles. The molecule has 0 amide bonds. The van der Waals surface area contributed by atoms with Crippen molar-refractivity contribution in [2.24, 2.45) is 0 Å². The average molecular weight is 186 g/mol. The number of hydrogen-bond acceptors (Lipinski definition) is 2. The van der Waals surface area contributed by atoms with Gasteiger partial charge in [-0.1, -0.05) is 24.8 Å². The lowest BCUT2D eigenvalue weighted by Crippen LogP contribution is -1.93. The summed E-state index contributed by atoms with van der Waals surface area (Å²) in [6, 6.07) is 5.49. The summed E-state index contributed by atoms with van der Waals surface area (Å²) in [4.78, 5) is 11.3. The van der Waals surface area contributed by atoms with E-state index in [2.05, 4.69) is 13.2 Å². The Balaban J connectivity index is 2.61. The van der Waals surface area contributed by atoms with Crippen LogP contribution in [0.15, 0.2) is 31.4 Å². The Bertz CT molecular complexity index is 455. The van der Waals surface area contributed by atoms with Gasteiger partial charge >= 0.3 is 5.97 Å². The van der Waals surface area contributed by atoms with E-state index >= 15 is 0 Å². The topological polar surface area (TPSA) is 26.3 Å². The molecule has 0 unspecified atom stereocenters. The average Bonchev–Trinajstić information content (AvgIpc) is 2.42. The van der Waals surface area contributed by atoms with Crippen LogP contribution in [-0.2, 0) is 4.74 Å². The summed E-state index contributed by atoms with van der Waals surface area (Å²) in [6.07, 6.45) is 0. The summed E-state index contributed by atoms with van der Waals surface area (Å²) in [5.74, 6) is 0.103. The molecule has 0 N–H and O–H groups in total. The third-order valence-electron chi connectivity index (χ3n) is 2.25. The molecule has 2 rings (SSSR count). The molecule has 1 aromatic carbocycles. The van der Waals surface area contributed by atoms with E-state index in [-0.39, 0.29) is 5.97 Å². The van der Waals surface area contributed by atoms with Crippen LogP contribution >= 0.6 is 0 Å². The fourth-order valence-corrected chi connectivity index (χ4v) is 1.44. The van der Waals surface area contributed by atoms with Crippen molar-refractivity contribution >= 4 is 17.3 Å². The van der Waals surface area contributed by atoms with Crippen molar-refractivity contribution in [3.8, 4) is 0 Å². The molecule has 1 aliphatic heterocycles. The molecule has 2 nitrogen and oxygen atoms in total. The van der Waals surface area contributed by atoms with E-state index in [0.717, 1.165) is 16.7 Å². The zero-order valence-corrected chi connectivity index (χ0v) is 7.96. The third kappa shape index (κ3) is 1.16. The summed E-state index contributed by atoms with van der Waals surface area (Å²) < 4.78 is 4.90. The molecule has 0 spiro atoms. The number of cyclic esters (lactones) is 1. The minimum atomic E-state index is -0.321. The van der Waals surface area contributed by atoms with Crippen molar-refractivity contribution in [1.29, 1.82) is 0 Å². The normalized spacial score (nSPS) is 13.8. The Morgan fingerprint density at radius 1 is 1.36 bits per heavy atom. The Morgan fingerprint density at radius 2 is 2.07 bits per heavy atom. The lowest BCUT2D eigenvalue weighted by Gasteiger charge is -2.01. The van der Waals surface area contributed by atoms with Crippen molar-refractivity contribution in [3.05, 3.63) is 48.0 Å². The second kappa shape index (κ2) is 2.84. The molecule has 14 heavy (non-hydrogen) atoms. The number of hydrogen-bond donors (Lipinski definition) is 0. The van der Waals surface area contributed by atoms with Gasteiger partial charge in [0.1, 0.15) is 5.76 Å². The summed E-state index contributed by atoms with van der Waals surface area (Å²) in [5.41, 5.74) is 3.32. The van der Waals surface area contributed by atoms with E-state index in [1.54, 1.807) is 6.07 Å². The second-order valence-corrected chi connectivity index (χ2v) is 3.35. The van der Waals surface area contributed by atoms with Crippen molar-refractivity contribution < 1.29 is 9.53 Å². The van der Waals surface area contributed by atoms with Crippen LogP contribution in [0.5, 0.6) is 0 Å². The van der Waals surface area contributed by atoms with Gasteiger partial charge in [0.15, 0.2) is 0 Å². The minimum absolute atomic E-state index is 0.321. The zero-order chi connectivity index (χ0) is 10.3. The van der Waals surface area contributed by atoms with Gasteiger partial charge in [-0.3, -0.25) is 0 Å². The van der Waals surface area contributed by atoms with Crippen LogP contribution in [0.25, 0.3) is 11.3 Å². The number of allylic oxidation sites excluding steroid dienone is 1. The van der Waals surface area contributed by atoms with Gasteiger partial charge in [-0.05, 0) is 24.6 Å². The number of carbonyl (C=O) groups is 1. The van der Waals surface area contributed by atoms with Gasteiger partial charge in [-0.15, -0.1) is 0 Å². The third-order valence-corrected chi connectivity index (χ3v) is 2.25. The van der Waals surface area contributed by atoms with Gasteiger partial charge in [-0.25, -0.2) is 4.79 Å². The highest BCUT2D eigenvalue weighted by Gasteiger charge is 2.24. The van der Waals surface area contributed by atoms with Gasteiger partial charge < -0.3 is 4.74 Å². The van der Waals surface area contributed by atoms with Crippen molar-refractivity contribution in [3.63, 3.8) is 0 Å². The largest absolute Gasteiger partial charge is 0.423 e. The van der Waals surface area contributed by atoms with Crippen LogP contribution in [0.4, 0.5) is 0 Å². The Morgan fingerprint density at radius 3 is 2.71 bits per heavy atom. The minimum Gasteiger partial charge on any atom is -0.423 e. The predicted octanol–water partition coefficient (Wildman–Crippen LogP) is 2.86. The summed E-state index contributed by atoms with van der Waals surface area (Å²) in [5, 5.41) is 0. The molecular formula is C12H10O2. The summed E-state index contributed by atoms with van der Waals surface area (Å²) >= 11 is 0. The standard InChI is InChI=1S/C12H10O2/c1-7(2)9-4-5-10-11(6-9)8(3)14-12(10)13/h4-6H,1,3H2,2H3. The molecule has 0 fully saturated rings. The molecule has 1 heterocycles. The highest BCUT2D eigenvalue weighted by Crippen LogP contribution is 2.30. The monoisotopic (exact) mass is 186 g/mol. The lowest BCUT2D eigenvalue weighted by atomic mass is 10.0. The Kier molecular flexibility index (Phi) is 1.78. The smallest absolute Gasteiger partial charge is 0.344 e. The molecule has 1 aromatic rings. The van der Waals surface area contributed by atoms with Crippen LogP contribution in [0.1, 0.15) is 28.4 Å². The first-order chi connectivity index (χ1) is 6.59. The van der Waals surface area contributed by atoms with E-state index < -0.39 is 0 Å². The molecular weight excluding hydrogens is 176 g/mol. The van der Waals surface area contributed by atoms with Gasteiger partial charge in [0, 0.05) is 5.56 Å². The SMILES string of the molecule is C=C(C)c1ccc2c(c1)C(=C)OC2=O. The van der Waals surface area contributed by atoms with E-state index in [0.29, 0.717) is 11.3 Å². The quantitative estimate of drug-likeness (QED) is 0.630. The first-order valence-corrected chi connectivity index (χ1v) is 4.31. The van der Waals surface area contributed by atoms with E-state index in [9.17, 15) is 4.79 Å². The van der Waals surface area contributed by atoms with Crippen molar-refractivity contribution in [2.75, 3.05) is 0 Å². The molecule has 2 heteroatoms. The fraction of sp³-hybridized carbons (Fsp3) is 0.0833. The van der Waals surface area contributed by atoms with Gasteiger partial charge in [0.05, 0.1) is 5.56 Å². The van der Waals surface area contributed by atoms with Crippen molar-refractivity contribution in [2.45, 2.75) is 6.92 Å². The molecule has 0 aliphatic carbocycles. The van der Waals surface area contributed by atoms with Gasteiger partial charge in [-0.2, -0.15) is 0 Å². The van der Waals surface area contributed by atoms with Crippen LogP contribution in [0, 0.1) is 0 Å².